The number of hydrogen-bond acceptors (Lipinski definition) is 3. The highest BCUT2D eigenvalue weighted by molar-refractivity contribution is 5.96. The number of hydrogen-bond donors (Lipinski definition) is 2. The predicted octanol–water partition coefficient (Wildman–Crippen LogP) is 0.648. The van der Waals surface area contributed by atoms with Crippen LogP contribution in [0.1, 0.15) is 22.3 Å². The summed E-state index contributed by atoms with van der Waals surface area (Å²) in [5.41, 5.74) is 6.52. The molecule has 18 heavy (non-hydrogen) atoms. The second-order valence-corrected chi connectivity index (χ2v) is 4.64. The molecule has 5 nitrogen and oxygen atoms in total. The molecule has 0 saturated carbocycles. The minimum Gasteiger partial charge on any atom is -0.508 e. The molecule has 2 rings (SSSR count). The van der Waals surface area contributed by atoms with Gasteiger partial charge in [0.1, 0.15) is 5.75 Å². The highest BCUT2D eigenvalue weighted by Crippen LogP contribution is 2.22. The van der Waals surface area contributed by atoms with E-state index in [0.29, 0.717) is 25.1 Å². The molecule has 1 aromatic carbocycles. The van der Waals surface area contributed by atoms with Crippen molar-refractivity contribution in [3.63, 3.8) is 0 Å². The van der Waals surface area contributed by atoms with Gasteiger partial charge in [0, 0.05) is 18.7 Å². The molecular weight excluding hydrogens is 232 g/mol. The Kier molecular flexibility index (Phi) is 3.23. The minimum absolute atomic E-state index is 0.115. The molecular formula is C13H16N2O3. The molecule has 0 aliphatic carbocycles. The van der Waals surface area contributed by atoms with Crippen LogP contribution in [0.15, 0.2) is 18.2 Å². The second kappa shape index (κ2) is 4.68. The van der Waals surface area contributed by atoms with Gasteiger partial charge in [-0.2, -0.15) is 0 Å². The van der Waals surface area contributed by atoms with Gasteiger partial charge in [0.05, 0.1) is 5.92 Å². The quantitative estimate of drug-likeness (QED) is 0.806. The molecule has 0 aromatic heterocycles. The molecule has 96 valence electrons. The number of amides is 2. The number of nitrogens with zero attached hydrogens (tertiary/aromatic N) is 1. The van der Waals surface area contributed by atoms with Crippen LogP contribution in [0.25, 0.3) is 0 Å². The maximum absolute atomic E-state index is 12.2. The number of benzene rings is 1. The molecule has 5 heteroatoms. The Balaban J connectivity index is 2.15. The van der Waals surface area contributed by atoms with E-state index in [1.165, 1.54) is 6.07 Å². The largest absolute Gasteiger partial charge is 0.508 e. The first-order valence-corrected chi connectivity index (χ1v) is 5.87. The van der Waals surface area contributed by atoms with Crippen LogP contribution < -0.4 is 5.73 Å². The summed E-state index contributed by atoms with van der Waals surface area (Å²) in [4.78, 5) is 24.9. The molecule has 1 saturated heterocycles. The molecule has 0 radical (unpaired) electrons. The molecule has 1 fully saturated rings. The lowest BCUT2D eigenvalue weighted by molar-refractivity contribution is -0.121. The molecule has 1 aromatic rings. The molecule has 1 heterocycles. The van der Waals surface area contributed by atoms with Gasteiger partial charge in [0.15, 0.2) is 0 Å². The number of aromatic hydroxyl groups is 1. The predicted molar refractivity (Wildman–Crippen MR) is 66.0 cm³/mol. The van der Waals surface area contributed by atoms with Gasteiger partial charge in [-0.3, -0.25) is 9.59 Å². The number of likely N-dealkylation sites (tertiary alicyclic amines) is 1. The Hall–Kier alpha value is -2.04. The lowest BCUT2D eigenvalue weighted by Crippen LogP contribution is -2.32. The lowest BCUT2D eigenvalue weighted by atomic mass is 10.1. The number of nitrogens with two attached hydrogens (primary N) is 1. The summed E-state index contributed by atoms with van der Waals surface area (Å²) in [5.74, 6) is -0.573. The zero-order valence-electron chi connectivity index (χ0n) is 10.2. The molecule has 3 N–H and O–H groups in total. The third kappa shape index (κ3) is 2.30. The fourth-order valence-corrected chi connectivity index (χ4v) is 2.24. The van der Waals surface area contributed by atoms with Crippen LogP contribution in [0.3, 0.4) is 0 Å². The Bertz CT molecular complexity index is 499. The molecule has 1 unspecified atom stereocenters. The second-order valence-electron chi connectivity index (χ2n) is 4.64. The van der Waals surface area contributed by atoms with Crippen molar-refractivity contribution in [3.05, 3.63) is 29.3 Å². The van der Waals surface area contributed by atoms with E-state index in [0.717, 1.165) is 5.56 Å². The molecule has 1 aliphatic rings. The highest BCUT2D eigenvalue weighted by atomic mass is 16.3. The van der Waals surface area contributed by atoms with E-state index in [1.807, 2.05) is 0 Å². The average Bonchev–Trinajstić information content (AvgIpc) is 2.77. The van der Waals surface area contributed by atoms with E-state index in [-0.39, 0.29) is 23.5 Å². The van der Waals surface area contributed by atoms with Crippen molar-refractivity contribution in [3.8, 4) is 5.75 Å². The van der Waals surface area contributed by atoms with Crippen LogP contribution in [-0.4, -0.2) is 34.9 Å². The van der Waals surface area contributed by atoms with Crippen LogP contribution in [0.2, 0.25) is 0 Å². The molecule has 0 spiro atoms. The Labute approximate surface area is 105 Å². The topological polar surface area (TPSA) is 83.6 Å². The first-order chi connectivity index (χ1) is 8.49. The van der Waals surface area contributed by atoms with Gasteiger partial charge < -0.3 is 15.7 Å². The average molecular weight is 248 g/mol. The van der Waals surface area contributed by atoms with E-state index in [9.17, 15) is 14.7 Å². The van der Waals surface area contributed by atoms with Crippen LogP contribution in [0.5, 0.6) is 5.75 Å². The van der Waals surface area contributed by atoms with Crippen molar-refractivity contribution in [1.29, 1.82) is 0 Å². The van der Waals surface area contributed by atoms with Gasteiger partial charge in [0.25, 0.3) is 5.91 Å². The summed E-state index contributed by atoms with van der Waals surface area (Å²) in [6, 6.07) is 4.64. The van der Waals surface area contributed by atoms with Gasteiger partial charge in [-0.25, -0.2) is 0 Å². The van der Waals surface area contributed by atoms with Gasteiger partial charge in [-0.15, -0.1) is 0 Å². The SMILES string of the molecule is Cc1cc(O)ccc1C(=O)N1CCC(C(N)=O)C1. The fraction of sp³-hybridized carbons (Fsp3) is 0.385. The van der Waals surface area contributed by atoms with Gasteiger partial charge in [-0.05, 0) is 37.1 Å². The van der Waals surface area contributed by atoms with Crippen molar-refractivity contribution in [1.82, 2.24) is 4.90 Å². The summed E-state index contributed by atoms with van der Waals surface area (Å²) in [5, 5.41) is 9.31. The van der Waals surface area contributed by atoms with Crippen LogP contribution in [0.4, 0.5) is 0 Å². The molecule has 0 bridgehead atoms. The zero-order chi connectivity index (χ0) is 13.3. The Morgan fingerprint density at radius 2 is 2.17 bits per heavy atom. The fourth-order valence-electron chi connectivity index (χ4n) is 2.24. The number of carbonyl (C=O) groups excluding carboxylic acids is 2. The van der Waals surface area contributed by atoms with Crippen molar-refractivity contribution < 1.29 is 14.7 Å². The van der Waals surface area contributed by atoms with Crippen LogP contribution >= 0.6 is 0 Å². The molecule has 1 atom stereocenters. The first kappa shape index (κ1) is 12.4. The Morgan fingerprint density at radius 3 is 2.72 bits per heavy atom. The van der Waals surface area contributed by atoms with Crippen molar-refractivity contribution >= 4 is 11.8 Å². The normalized spacial score (nSPS) is 18.9. The summed E-state index contributed by atoms with van der Waals surface area (Å²) < 4.78 is 0. The number of phenols is 1. The van der Waals surface area contributed by atoms with Gasteiger partial charge >= 0.3 is 0 Å². The molecule has 2 amide bonds. The third-order valence-electron chi connectivity index (χ3n) is 3.32. The monoisotopic (exact) mass is 248 g/mol. The number of carbonyl (C=O) groups is 2. The lowest BCUT2D eigenvalue weighted by Gasteiger charge is -2.17. The Morgan fingerprint density at radius 1 is 1.44 bits per heavy atom. The van der Waals surface area contributed by atoms with Crippen molar-refractivity contribution in [2.75, 3.05) is 13.1 Å². The van der Waals surface area contributed by atoms with Crippen LogP contribution in [-0.2, 0) is 4.79 Å². The van der Waals surface area contributed by atoms with E-state index in [1.54, 1.807) is 24.0 Å². The van der Waals surface area contributed by atoms with E-state index in [2.05, 4.69) is 0 Å². The maximum Gasteiger partial charge on any atom is 0.254 e. The third-order valence-corrected chi connectivity index (χ3v) is 3.32. The van der Waals surface area contributed by atoms with Gasteiger partial charge in [-0.1, -0.05) is 0 Å². The number of aryl methyl sites for hydroxylation is 1. The number of rotatable bonds is 2. The van der Waals surface area contributed by atoms with Crippen LogP contribution in [0, 0.1) is 12.8 Å². The smallest absolute Gasteiger partial charge is 0.254 e. The summed E-state index contributed by atoms with van der Waals surface area (Å²) >= 11 is 0. The summed E-state index contributed by atoms with van der Waals surface area (Å²) in [6.07, 6.45) is 0.623. The van der Waals surface area contributed by atoms with Gasteiger partial charge in [0.2, 0.25) is 5.91 Å². The summed E-state index contributed by atoms with van der Waals surface area (Å²) in [7, 11) is 0. The molecule has 1 aliphatic heterocycles. The maximum atomic E-state index is 12.2. The standard InChI is InChI=1S/C13H16N2O3/c1-8-6-10(16)2-3-11(8)13(18)15-5-4-9(7-15)12(14)17/h2-3,6,9,16H,4-5,7H2,1H3,(H2,14,17). The number of primary amides is 1. The van der Waals surface area contributed by atoms with Crippen molar-refractivity contribution in [2.24, 2.45) is 11.7 Å². The van der Waals surface area contributed by atoms with E-state index >= 15 is 0 Å². The van der Waals surface area contributed by atoms with E-state index < -0.39 is 0 Å². The highest BCUT2D eigenvalue weighted by Gasteiger charge is 2.30. The summed E-state index contributed by atoms with van der Waals surface area (Å²) in [6.45, 7) is 2.70. The van der Waals surface area contributed by atoms with E-state index in [4.69, 9.17) is 5.73 Å². The number of phenolic OH excluding ortho intramolecular Hbond substituents is 1. The first-order valence-electron chi connectivity index (χ1n) is 5.87. The van der Waals surface area contributed by atoms with Crippen molar-refractivity contribution in [2.45, 2.75) is 13.3 Å². The minimum atomic E-state index is -0.354. The zero-order valence-corrected chi connectivity index (χ0v) is 10.2.